The molecule has 16 heavy (non-hydrogen) atoms. The largest absolute Gasteiger partial charge is 0.369 e. The summed E-state index contributed by atoms with van der Waals surface area (Å²) in [5.41, 5.74) is 12.0. The van der Waals surface area contributed by atoms with E-state index in [9.17, 15) is 4.79 Å². The molecule has 1 aromatic rings. The minimum absolute atomic E-state index is 0.0144. The normalized spacial score (nSPS) is 12.7. The van der Waals surface area contributed by atoms with Crippen LogP contribution in [0.3, 0.4) is 0 Å². The van der Waals surface area contributed by atoms with Crippen LogP contribution in [0, 0.1) is 0 Å². The average Bonchev–Trinajstić information content (AvgIpc) is 2.29. The molecule has 0 radical (unpaired) electrons. The summed E-state index contributed by atoms with van der Waals surface area (Å²) in [5.74, 6) is -0.339. The molecule has 0 aliphatic carbocycles. The van der Waals surface area contributed by atoms with E-state index in [1.165, 1.54) is 0 Å². The summed E-state index contributed by atoms with van der Waals surface area (Å²) in [6, 6.07) is 3.82. The zero-order valence-corrected chi connectivity index (χ0v) is 9.47. The predicted octanol–water partition coefficient (Wildman–Crippen LogP) is -0.111. The smallest absolute Gasteiger partial charge is 0.231 e. The van der Waals surface area contributed by atoms with Crippen LogP contribution in [0.25, 0.3) is 0 Å². The van der Waals surface area contributed by atoms with Crippen molar-refractivity contribution in [2.75, 3.05) is 19.6 Å². The van der Waals surface area contributed by atoms with Gasteiger partial charge < -0.3 is 11.5 Å². The average molecular weight is 222 g/mol. The molecule has 0 aliphatic rings. The molecule has 0 bridgehead atoms. The van der Waals surface area contributed by atoms with Crippen LogP contribution < -0.4 is 11.5 Å². The van der Waals surface area contributed by atoms with E-state index in [0.29, 0.717) is 6.54 Å². The van der Waals surface area contributed by atoms with Gasteiger partial charge in [-0.3, -0.25) is 14.7 Å². The molecular weight excluding hydrogens is 204 g/mol. The van der Waals surface area contributed by atoms with Crippen LogP contribution in [0.15, 0.2) is 24.5 Å². The molecule has 0 fully saturated rings. The first-order valence-electron chi connectivity index (χ1n) is 5.31. The summed E-state index contributed by atoms with van der Waals surface area (Å²) in [5, 5.41) is 0. The second-order valence-corrected chi connectivity index (χ2v) is 3.56. The Morgan fingerprint density at radius 1 is 1.50 bits per heavy atom. The van der Waals surface area contributed by atoms with Gasteiger partial charge in [-0.15, -0.1) is 0 Å². The summed E-state index contributed by atoms with van der Waals surface area (Å²) in [6.07, 6.45) is 3.44. The molecular formula is C11H18N4O. The molecule has 5 heteroatoms. The summed E-state index contributed by atoms with van der Waals surface area (Å²) in [7, 11) is 0. The van der Waals surface area contributed by atoms with E-state index in [1.807, 2.05) is 24.0 Å². The molecule has 1 amide bonds. The highest BCUT2D eigenvalue weighted by Crippen LogP contribution is 2.17. The predicted molar refractivity (Wildman–Crippen MR) is 62.5 cm³/mol. The van der Waals surface area contributed by atoms with Gasteiger partial charge in [0.05, 0.1) is 6.54 Å². The number of likely N-dealkylation sites (N-methyl/N-ethyl adjacent to an activating group) is 1. The van der Waals surface area contributed by atoms with Crippen LogP contribution in [0.1, 0.15) is 18.5 Å². The highest BCUT2D eigenvalue weighted by Gasteiger charge is 2.18. The maximum absolute atomic E-state index is 10.9. The first-order chi connectivity index (χ1) is 7.69. The first kappa shape index (κ1) is 12.6. The number of pyridine rings is 1. The van der Waals surface area contributed by atoms with Crippen molar-refractivity contribution in [2.45, 2.75) is 13.0 Å². The lowest BCUT2D eigenvalue weighted by atomic mass is 10.1. The van der Waals surface area contributed by atoms with Crippen LogP contribution in [-0.2, 0) is 4.79 Å². The van der Waals surface area contributed by atoms with Crippen molar-refractivity contribution >= 4 is 5.91 Å². The van der Waals surface area contributed by atoms with Crippen molar-refractivity contribution in [2.24, 2.45) is 11.5 Å². The second kappa shape index (κ2) is 6.19. The molecule has 0 saturated heterocycles. The van der Waals surface area contributed by atoms with Crippen LogP contribution >= 0.6 is 0 Å². The fourth-order valence-corrected chi connectivity index (χ4v) is 1.72. The number of aromatic nitrogens is 1. The van der Waals surface area contributed by atoms with Gasteiger partial charge in [0.15, 0.2) is 0 Å². The third-order valence-electron chi connectivity index (χ3n) is 2.52. The standard InChI is InChI=1S/C11H18N4O/c1-2-15(8-11(13)16)10(7-12)9-3-5-14-6-4-9/h3-6,10H,2,7-8,12H2,1H3,(H2,13,16). The number of carbonyl (C=O) groups excluding carboxylic acids is 1. The number of primary amides is 1. The van der Waals surface area contributed by atoms with E-state index in [4.69, 9.17) is 11.5 Å². The molecule has 1 aromatic heterocycles. The summed E-state index contributed by atoms with van der Waals surface area (Å²) >= 11 is 0. The Balaban J connectivity index is 2.83. The summed E-state index contributed by atoms with van der Waals surface area (Å²) in [4.78, 5) is 16.9. The van der Waals surface area contributed by atoms with Gasteiger partial charge >= 0.3 is 0 Å². The maximum atomic E-state index is 10.9. The topological polar surface area (TPSA) is 85.2 Å². The van der Waals surface area contributed by atoms with Crippen LogP contribution in [0.4, 0.5) is 0 Å². The van der Waals surface area contributed by atoms with E-state index >= 15 is 0 Å². The van der Waals surface area contributed by atoms with Crippen molar-refractivity contribution in [3.63, 3.8) is 0 Å². The van der Waals surface area contributed by atoms with Gasteiger partial charge in [0.25, 0.3) is 0 Å². The Morgan fingerprint density at radius 2 is 2.12 bits per heavy atom. The van der Waals surface area contributed by atoms with Gasteiger partial charge in [-0.05, 0) is 24.2 Å². The number of amides is 1. The first-order valence-corrected chi connectivity index (χ1v) is 5.31. The third kappa shape index (κ3) is 3.29. The Hall–Kier alpha value is -1.46. The molecule has 1 atom stereocenters. The van der Waals surface area contributed by atoms with E-state index in [2.05, 4.69) is 4.98 Å². The fraction of sp³-hybridized carbons (Fsp3) is 0.455. The van der Waals surface area contributed by atoms with Crippen molar-refractivity contribution in [3.05, 3.63) is 30.1 Å². The van der Waals surface area contributed by atoms with E-state index in [-0.39, 0.29) is 18.5 Å². The third-order valence-corrected chi connectivity index (χ3v) is 2.52. The molecule has 0 spiro atoms. The Morgan fingerprint density at radius 3 is 2.56 bits per heavy atom. The maximum Gasteiger partial charge on any atom is 0.231 e. The number of hydrogen-bond donors (Lipinski definition) is 2. The quantitative estimate of drug-likeness (QED) is 0.703. The van der Waals surface area contributed by atoms with Gasteiger partial charge in [-0.25, -0.2) is 0 Å². The molecule has 0 aliphatic heterocycles. The number of hydrogen-bond acceptors (Lipinski definition) is 4. The number of rotatable bonds is 6. The van der Waals surface area contributed by atoms with Crippen LogP contribution in [0.2, 0.25) is 0 Å². The number of nitrogens with two attached hydrogens (primary N) is 2. The number of nitrogens with zero attached hydrogens (tertiary/aromatic N) is 2. The second-order valence-electron chi connectivity index (χ2n) is 3.56. The Bertz CT molecular complexity index is 328. The molecule has 5 nitrogen and oxygen atoms in total. The number of carbonyl (C=O) groups is 1. The summed E-state index contributed by atoms with van der Waals surface area (Å²) in [6.45, 7) is 3.38. The van der Waals surface area contributed by atoms with Gasteiger partial charge in [0, 0.05) is 25.0 Å². The van der Waals surface area contributed by atoms with Gasteiger partial charge in [-0.1, -0.05) is 6.92 Å². The van der Waals surface area contributed by atoms with Crippen molar-refractivity contribution in [1.29, 1.82) is 0 Å². The molecule has 0 aromatic carbocycles. The van der Waals surface area contributed by atoms with Crippen molar-refractivity contribution in [3.8, 4) is 0 Å². The lowest BCUT2D eigenvalue weighted by molar-refractivity contribution is -0.119. The fourth-order valence-electron chi connectivity index (χ4n) is 1.72. The minimum atomic E-state index is -0.339. The lowest BCUT2D eigenvalue weighted by Crippen LogP contribution is -2.39. The molecule has 0 saturated carbocycles. The molecule has 1 heterocycles. The zero-order chi connectivity index (χ0) is 12.0. The van der Waals surface area contributed by atoms with Gasteiger partial charge in [0.1, 0.15) is 0 Å². The Labute approximate surface area is 95.4 Å². The van der Waals surface area contributed by atoms with E-state index in [1.54, 1.807) is 12.4 Å². The van der Waals surface area contributed by atoms with Gasteiger partial charge in [-0.2, -0.15) is 0 Å². The SMILES string of the molecule is CCN(CC(N)=O)C(CN)c1ccncc1. The zero-order valence-electron chi connectivity index (χ0n) is 9.47. The van der Waals surface area contributed by atoms with Crippen LogP contribution in [0.5, 0.6) is 0 Å². The molecule has 1 rings (SSSR count). The molecule has 88 valence electrons. The summed E-state index contributed by atoms with van der Waals surface area (Å²) < 4.78 is 0. The lowest BCUT2D eigenvalue weighted by Gasteiger charge is -2.28. The van der Waals surface area contributed by atoms with E-state index < -0.39 is 0 Å². The highest BCUT2D eigenvalue weighted by atomic mass is 16.1. The van der Waals surface area contributed by atoms with Crippen LogP contribution in [-0.4, -0.2) is 35.4 Å². The monoisotopic (exact) mass is 222 g/mol. The van der Waals surface area contributed by atoms with Crippen molar-refractivity contribution in [1.82, 2.24) is 9.88 Å². The molecule has 4 N–H and O–H groups in total. The van der Waals surface area contributed by atoms with E-state index in [0.717, 1.165) is 12.1 Å². The highest BCUT2D eigenvalue weighted by molar-refractivity contribution is 5.76. The van der Waals surface area contributed by atoms with Gasteiger partial charge in [0.2, 0.25) is 5.91 Å². The minimum Gasteiger partial charge on any atom is -0.369 e. The molecule has 1 unspecified atom stereocenters. The van der Waals surface area contributed by atoms with Crippen molar-refractivity contribution < 1.29 is 4.79 Å². The Kier molecular flexibility index (Phi) is 4.88.